The first-order valence-electron chi connectivity index (χ1n) is 13.6. The van der Waals surface area contributed by atoms with E-state index in [2.05, 4.69) is 30.0 Å². The van der Waals surface area contributed by atoms with Crippen LogP contribution in [0.2, 0.25) is 0 Å². The average Bonchev–Trinajstić information content (AvgIpc) is 3.68. The summed E-state index contributed by atoms with van der Waals surface area (Å²) < 4.78 is 11.2. The molecule has 0 N–H and O–H groups in total. The molecule has 1 aromatic carbocycles. The van der Waals surface area contributed by atoms with Crippen LogP contribution in [0.5, 0.6) is 0 Å². The van der Waals surface area contributed by atoms with Crippen LogP contribution in [0, 0.1) is 11.8 Å². The normalized spacial score (nSPS) is 28.2. The second-order valence-corrected chi connectivity index (χ2v) is 11.5. The second-order valence-electron chi connectivity index (χ2n) is 11.5. The zero-order valence-corrected chi connectivity index (χ0v) is 21.7. The molecule has 1 aromatic rings. The van der Waals surface area contributed by atoms with Gasteiger partial charge in [0.1, 0.15) is 0 Å². The van der Waals surface area contributed by atoms with E-state index in [0.29, 0.717) is 24.4 Å². The molecule has 5 rings (SSSR count). The number of rotatable bonds is 4. The van der Waals surface area contributed by atoms with Crippen LogP contribution in [-0.2, 0) is 14.3 Å². The SMILES string of the molecule is CC1CC(c2ccc3c(c2)N(C(=O)OC(C)C)CC(C)N3C(=O)C2CC2)CN(C2CCOCC2)C1. The summed E-state index contributed by atoms with van der Waals surface area (Å²) in [7, 11) is 0. The summed E-state index contributed by atoms with van der Waals surface area (Å²) in [5, 5.41) is 0. The maximum absolute atomic E-state index is 13.2. The highest BCUT2D eigenvalue weighted by atomic mass is 16.6. The molecule has 2 saturated heterocycles. The lowest BCUT2D eigenvalue weighted by molar-refractivity contribution is -0.120. The van der Waals surface area contributed by atoms with Crippen LogP contribution in [0.25, 0.3) is 0 Å². The van der Waals surface area contributed by atoms with Crippen LogP contribution >= 0.6 is 0 Å². The molecule has 7 heteroatoms. The minimum absolute atomic E-state index is 0.0834. The highest BCUT2D eigenvalue weighted by molar-refractivity contribution is 6.04. The number of likely N-dealkylation sites (tertiary alicyclic amines) is 1. The number of amides is 2. The number of fused-ring (bicyclic) bond motifs is 1. The number of anilines is 2. The van der Waals surface area contributed by atoms with Crippen LogP contribution < -0.4 is 9.80 Å². The Morgan fingerprint density at radius 2 is 1.74 bits per heavy atom. The van der Waals surface area contributed by atoms with Crippen LogP contribution in [0.15, 0.2) is 18.2 Å². The molecular weight excluding hydrogens is 442 g/mol. The van der Waals surface area contributed by atoms with Crippen molar-refractivity contribution >= 4 is 23.4 Å². The van der Waals surface area contributed by atoms with Crippen molar-refractivity contribution in [2.45, 2.75) is 83.9 Å². The van der Waals surface area contributed by atoms with Gasteiger partial charge in [-0.3, -0.25) is 14.6 Å². The molecule has 4 aliphatic rings. The molecule has 0 aromatic heterocycles. The van der Waals surface area contributed by atoms with Gasteiger partial charge in [0.05, 0.1) is 23.5 Å². The Morgan fingerprint density at radius 3 is 2.43 bits per heavy atom. The Labute approximate surface area is 209 Å². The van der Waals surface area contributed by atoms with E-state index in [1.165, 1.54) is 5.56 Å². The van der Waals surface area contributed by atoms with Gasteiger partial charge >= 0.3 is 6.09 Å². The third kappa shape index (κ3) is 5.21. The van der Waals surface area contributed by atoms with Gasteiger partial charge in [-0.25, -0.2) is 4.79 Å². The van der Waals surface area contributed by atoms with Crippen molar-refractivity contribution in [3.8, 4) is 0 Å². The highest BCUT2D eigenvalue weighted by Gasteiger charge is 2.42. The average molecular weight is 484 g/mol. The molecule has 1 saturated carbocycles. The van der Waals surface area contributed by atoms with E-state index in [1.807, 2.05) is 25.7 Å². The molecule has 3 fully saturated rings. The first-order valence-corrected chi connectivity index (χ1v) is 13.6. The number of benzene rings is 1. The topological polar surface area (TPSA) is 62.3 Å². The third-order valence-electron chi connectivity index (χ3n) is 8.02. The number of nitrogens with zero attached hydrogens (tertiary/aromatic N) is 3. The molecule has 3 unspecified atom stereocenters. The fourth-order valence-electron chi connectivity index (χ4n) is 6.18. The third-order valence-corrected chi connectivity index (χ3v) is 8.02. The van der Waals surface area contributed by atoms with Gasteiger partial charge in [0.15, 0.2) is 0 Å². The van der Waals surface area contributed by atoms with Gasteiger partial charge in [-0.2, -0.15) is 0 Å². The number of ether oxygens (including phenoxy) is 2. The Balaban J connectivity index is 1.46. The van der Waals surface area contributed by atoms with Crippen molar-refractivity contribution in [3.05, 3.63) is 23.8 Å². The minimum Gasteiger partial charge on any atom is -0.446 e. The van der Waals surface area contributed by atoms with Crippen molar-refractivity contribution in [2.75, 3.05) is 42.6 Å². The minimum atomic E-state index is -0.329. The lowest BCUT2D eigenvalue weighted by Crippen LogP contribution is -2.53. The summed E-state index contributed by atoms with van der Waals surface area (Å²) >= 11 is 0. The van der Waals surface area contributed by atoms with Crippen molar-refractivity contribution in [2.24, 2.45) is 11.8 Å². The number of carbonyl (C=O) groups excluding carboxylic acids is 2. The molecule has 7 nitrogen and oxygen atoms in total. The zero-order valence-electron chi connectivity index (χ0n) is 21.7. The van der Waals surface area contributed by atoms with E-state index < -0.39 is 0 Å². The Bertz CT molecular complexity index is 940. The van der Waals surface area contributed by atoms with Gasteiger partial charge in [-0.15, -0.1) is 0 Å². The monoisotopic (exact) mass is 483 g/mol. The molecular formula is C28H41N3O4. The quantitative estimate of drug-likeness (QED) is 0.616. The van der Waals surface area contributed by atoms with E-state index in [0.717, 1.165) is 69.8 Å². The lowest BCUT2D eigenvalue weighted by Gasteiger charge is -2.44. The molecule has 1 aliphatic carbocycles. The zero-order chi connectivity index (χ0) is 24.7. The smallest absolute Gasteiger partial charge is 0.414 e. The van der Waals surface area contributed by atoms with Gasteiger partial charge in [0.2, 0.25) is 5.91 Å². The molecule has 192 valence electrons. The summed E-state index contributed by atoms with van der Waals surface area (Å²) in [5.74, 6) is 1.34. The standard InChI is InChI=1S/C28H41N3O4/c1-18(2)35-28(33)30-16-20(4)31(27(32)21-5-6-21)25-8-7-22(14-26(25)30)23-13-19(3)15-29(17-23)24-9-11-34-12-10-24/h7-8,14,18-21,23-24H,5-6,9-13,15-17H2,1-4H3. The van der Waals surface area contributed by atoms with Crippen molar-refractivity contribution < 1.29 is 19.1 Å². The molecule has 3 aliphatic heterocycles. The highest BCUT2D eigenvalue weighted by Crippen LogP contribution is 2.43. The van der Waals surface area contributed by atoms with E-state index in [-0.39, 0.29) is 30.1 Å². The second kappa shape index (κ2) is 10.1. The van der Waals surface area contributed by atoms with Crippen LogP contribution in [0.1, 0.15) is 71.3 Å². The molecule has 3 heterocycles. The molecule has 0 bridgehead atoms. The fraction of sp³-hybridized carbons (Fsp3) is 0.714. The summed E-state index contributed by atoms with van der Waals surface area (Å²) in [6.07, 6.45) is 4.76. The molecule has 3 atom stereocenters. The van der Waals surface area contributed by atoms with Crippen LogP contribution in [0.3, 0.4) is 0 Å². The van der Waals surface area contributed by atoms with E-state index >= 15 is 0 Å². The summed E-state index contributed by atoms with van der Waals surface area (Å²) in [4.78, 5) is 32.7. The first kappa shape index (κ1) is 24.6. The summed E-state index contributed by atoms with van der Waals surface area (Å²) in [5.41, 5.74) is 2.91. The number of piperidine rings is 1. The number of hydrogen-bond acceptors (Lipinski definition) is 5. The van der Waals surface area contributed by atoms with Gasteiger partial charge in [0, 0.05) is 44.8 Å². The Hall–Kier alpha value is -2.12. The molecule has 0 spiro atoms. The Kier molecular flexibility index (Phi) is 7.09. The van der Waals surface area contributed by atoms with Crippen LogP contribution in [-0.4, -0.2) is 67.9 Å². The van der Waals surface area contributed by atoms with Gasteiger partial charge in [-0.05, 0) is 82.4 Å². The van der Waals surface area contributed by atoms with Gasteiger partial charge in [-0.1, -0.05) is 13.0 Å². The van der Waals surface area contributed by atoms with E-state index in [1.54, 1.807) is 4.90 Å². The molecule has 0 radical (unpaired) electrons. The Morgan fingerprint density at radius 1 is 1.00 bits per heavy atom. The number of carbonyl (C=O) groups is 2. The van der Waals surface area contributed by atoms with Crippen molar-refractivity contribution in [1.29, 1.82) is 0 Å². The first-order chi connectivity index (χ1) is 16.8. The molecule has 2 amide bonds. The van der Waals surface area contributed by atoms with Crippen molar-refractivity contribution in [1.82, 2.24) is 4.90 Å². The van der Waals surface area contributed by atoms with E-state index in [9.17, 15) is 9.59 Å². The predicted molar refractivity (Wildman–Crippen MR) is 137 cm³/mol. The summed E-state index contributed by atoms with van der Waals surface area (Å²) in [6, 6.07) is 6.95. The predicted octanol–water partition coefficient (Wildman–Crippen LogP) is 4.79. The fourth-order valence-corrected chi connectivity index (χ4v) is 6.18. The molecule has 35 heavy (non-hydrogen) atoms. The maximum atomic E-state index is 13.2. The van der Waals surface area contributed by atoms with Gasteiger partial charge in [0.25, 0.3) is 0 Å². The van der Waals surface area contributed by atoms with Gasteiger partial charge < -0.3 is 14.4 Å². The maximum Gasteiger partial charge on any atom is 0.414 e. The van der Waals surface area contributed by atoms with E-state index in [4.69, 9.17) is 9.47 Å². The largest absolute Gasteiger partial charge is 0.446 e. The lowest BCUT2D eigenvalue weighted by atomic mass is 9.83. The van der Waals surface area contributed by atoms with Crippen molar-refractivity contribution in [3.63, 3.8) is 0 Å². The summed E-state index contributed by atoms with van der Waals surface area (Å²) in [6.45, 7) is 12.5. The number of hydrogen-bond donors (Lipinski definition) is 0. The van der Waals surface area contributed by atoms with Crippen LogP contribution in [0.4, 0.5) is 16.2 Å².